The molecule has 6 nitrogen and oxygen atoms in total. The number of anilines is 1. The first-order valence-corrected chi connectivity index (χ1v) is 15.6. The van der Waals surface area contributed by atoms with Crippen LogP contribution in [0.2, 0.25) is 25.7 Å². The van der Waals surface area contributed by atoms with Gasteiger partial charge in [-0.25, -0.2) is 0 Å². The van der Waals surface area contributed by atoms with Gasteiger partial charge in [-0.15, -0.1) is 0 Å². The van der Waals surface area contributed by atoms with E-state index >= 15 is 0 Å². The van der Waals surface area contributed by atoms with Gasteiger partial charge >= 0.3 is 0 Å². The minimum atomic E-state index is -1.11. The zero-order valence-electron chi connectivity index (χ0n) is 20.1. The SMILES string of the molecule is C[Si](C)(C)CCOCn1ccc2c1NCN=C2c1cc(C2(C#N)Cc3ccccc3C2)ccn1. The number of pyridine rings is 1. The zero-order valence-corrected chi connectivity index (χ0v) is 21.1. The lowest BCUT2D eigenvalue weighted by Gasteiger charge is -2.22. The highest BCUT2D eigenvalue weighted by Gasteiger charge is 2.39. The van der Waals surface area contributed by atoms with Crippen molar-refractivity contribution >= 4 is 19.6 Å². The first-order valence-electron chi connectivity index (χ1n) is 11.9. The van der Waals surface area contributed by atoms with E-state index in [1.54, 1.807) is 0 Å². The summed E-state index contributed by atoms with van der Waals surface area (Å²) in [6.45, 7) is 8.87. The zero-order chi connectivity index (χ0) is 23.8. The summed E-state index contributed by atoms with van der Waals surface area (Å²) in [5.41, 5.74) is 5.65. The lowest BCUT2D eigenvalue weighted by Crippen LogP contribution is -2.26. The Kier molecular flexibility index (Phi) is 5.88. The van der Waals surface area contributed by atoms with Gasteiger partial charge in [-0.1, -0.05) is 43.9 Å². The topological polar surface area (TPSA) is 75.2 Å². The fraction of sp³-hybridized carbons (Fsp3) is 0.370. The van der Waals surface area contributed by atoms with Gasteiger partial charge in [-0.05, 0) is 53.8 Å². The minimum Gasteiger partial charge on any atom is -0.361 e. The summed E-state index contributed by atoms with van der Waals surface area (Å²) >= 11 is 0. The summed E-state index contributed by atoms with van der Waals surface area (Å²) in [7, 11) is -1.11. The maximum atomic E-state index is 10.2. The summed E-state index contributed by atoms with van der Waals surface area (Å²) in [4.78, 5) is 9.41. The van der Waals surface area contributed by atoms with Crippen LogP contribution in [0.15, 0.2) is 59.9 Å². The molecule has 0 fully saturated rings. The highest BCUT2D eigenvalue weighted by molar-refractivity contribution is 6.76. The number of nitrogens with zero attached hydrogens (tertiary/aromatic N) is 4. The van der Waals surface area contributed by atoms with Crippen LogP contribution >= 0.6 is 0 Å². The number of aromatic nitrogens is 2. The molecule has 0 bridgehead atoms. The standard InChI is InChI=1S/C27H31N5OSi/c1-34(2,3)13-12-33-19-32-11-9-23-25(30-18-31-26(23)32)24-14-22(8-10-29-24)27(17-28)15-20-6-4-5-7-21(20)16-27/h4-11,14,31H,12-13,15-16,18-19H2,1-3H3. The second kappa shape index (κ2) is 8.86. The second-order valence-electron chi connectivity index (χ2n) is 10.5. The summed E-state index contributed by atoms with van der Waals surface area (Å²) < 4.78 is 8.07. The van der Waals surface area contributed by atoms with Gasteiger partial charge in [0.1, 0.15) is 19.2 Å². The van der Waals surface area contributed by atoms with Crippen LogP contribution in [0.5, 0.6) is 0 Å². The Hall–Kier alpha value is -3.21. The minimum absolute atomic E-state index is 0.488. The van der Waals surface area contributed by atoms with E-state index in [0.29, 0.717) is 13.4 Å². The maximum absolute atomic E-state index is 10.2. The van der Waals surface area contributed by atoms with Crippen LogP contribution in [0.4, 0.5) is 5.82 Å². The first kappa shape index (κ1) is 22.6. The Bertz CT molecular complexity index is 1260. The molecule has 1 N–H and O–H groups in total. The number of nitrogens with one attached hydrogen (secondary N) is 1. The van der Waals surface area contributed by atoms with E-state index in [9.17, 15) is 5.26 Å². The van der Waals surface area contributed by atoms with E-state index in [4.69, 9.17) is 9.73 Å². The van der Waals surface area contributed by atoms with Crippen molar-refractivity contribution in [2.75, 3.05) is 18.6 Å². The van der Waals surface area contributed by atoms with E-state index in [1.165, 1.54) is 11.1 Å². The van der Waals surface area contributed by atoms with Crippen molar-refractivity contribution in [2.24, 2.45) is 4.99 Å². The van der Waals surface area contributed by atoms with Crippen molar-refractivity contribution in [2.45, 2.75) is 50.7 Å². The fourth-order valence-electron chi connectivity index (χ4n) is 4.83. The van der Waals surface area contributed by atoms with Crippen molar-refractivity contribution in [3.8, 4) is 6.07 Å². The van der Waals surface area contributed by atoms with Crippen LogP contribution < -0.4 is 5.32 Å². The average molecular weight is 470 g/mol. The molecule has 1 aromatic carbocycles. The van der Waals surface area contributed by atoms with Gasteiger partial charge in [0.2, 0.25) is 0 Å². The molecule has 0 saturated heterocycles. The van der Waals surface area contributed by atoms with Gasteiger partial charge < -0.3 is 14.6 Å². The number of aliphatic imine (C=N–C) groups is 1. The summed E-state index contributed by atoms with van der Waals surface area (Å²) in [6.07, 6.45) is 5.32. The number of ether oxygens (including phenoxy) is 1. The molecule has 0 atom stereocenters. The molecule has 0 saturated carbocycles. The molecule has 0 amide bonds. The Morgan fingerprint density at radius 3 is 2.62 bits per heavy atom. The quantitative estimate of drug-likeness (QED) is 0.391. The third kappa shape index (κ3) is 4.31. The van der Waals surface area contributed by atoms with E-state index < -0.39 is 13.5 Å². The molecule has 1 aliphatic carbocycles. The Labute approximate surface area is 202 Å². The number of benzene rings is 1. The van der Waals surface area contributed by atoms with Crippen LogP contribution in [0.25, 0.3) is 0 Å². The van der Waals surface area contributed by atoms with Gasteiger partial charge in [0.05, 0.1) is 22.9 Å². The van der Waals surface area contributed by atoms with Crippen LogP contribution in [0, 0.1) is 11.3 Å². The third-order valence-electron chi connectivity index (χ3n) is 6.80. The predicted octanol–water partition coefficient (Wildman–Crippen LogP) is 4.98. The van der Waals surface area contributed by atoms with Crippen molar-refractivity contribution in [3.63, 3.8) is 0 Å². The molecule has 34 heavy (non-hydrogen) atoms. The smallest absolute Gasteiger partial charge is 0.124 e. The lowest BCUT2D eigenvalue weighted by molar-refractivity contribution is 0.0887. The van der Waals surface area contributed by atoms with Gasteiger partial charge in [-0.3, -0.25) is 9.98 Å². The lowest BCUT2D eigenvalue weighted by atomic mass is 9.79. The van der Waals surface area contributed by atoms with E-state index in [0.717, 1.165) is 53.8 Å². The number of fused-ring (bicyclic) bond motifs is 2. The molecule has 0 unspecified atom stereocenters. The van der Waals surface area contributed by atoms with Crippen molar-refractivity contribution in [3.05, 3.63) is 82.8 Å². The molecular weight excluding hydrogens is 438 g/mol. The van der Waals surface area contributed by atoms with Gasteiger partial charge in [0.25, 0.3) is 0 Å². The molecule has 0 spiro atoms. The monoisotopic (exact) mass is 469 g/mol. The third-order valence-corrected chi connectivity index (χ3v) is 8.51. The highest BCUT2D eigenvalue weighted by atomic mass is 28.3. The number of nitriles is 1. The van der Waals surface area contributed by atoms with Crippen LogP contribution in [-0.4, -0.2) is 36.6 Å². The average Bonchev–Trinajstić information content (AvgIpc) is 3.43. The van der Waals surface area contributed by atoms with Crippen molar-refractivity contribution < 1.29 is 4.74 Å². The van der Waals surface area contributed by atoms with Crippen molar-refractivity contribution in [1.82, 2.24) is 9.55 Å². The molecule has 5 rings (SSSR count). The Balaban J connectivity index is 1.38. The summed E-state index contributed by atoms with van der Waals surface area (Å²) in [6, 6.07) is 18.3. The molecular formula is C27H31N5OSi. The fourth-order valence-corrected chi connectivity index (χ4v) is 5.58. The molecule has 7 heteroatoms. The summed E-state index contributed by atoms with van der Waals surface area (Å²) in [5.74, 6) is 1.01. The van der Waals surface area contributed by atoms with Gasteiger partial charge in [0.15, 0.2) is 0 Å². The largest absolute Gasteiger partial charge is 0.361 e. The van der Waals surface area contributed by atoms with Crippen LogP contribution in [-0.2, 0) is 29.7 Å². The van der Waals surface area contributed by atoms with E-state index in [1.807, 2.05) is 18.5 Å². The number of hydrogen-bond donors (Lipinski definition) is 1. The Morgan fingerprint density at radius 2 is 1.91 bits per heavy atom. The second-order valence-corrected chi connectivity index (χ2v) is 16.1. The van der Waals surface area contributed by atoms with Crippen LogP contribution in [0.1, 0.15) is 27.9 Å². The number of hydrogen-bond acceptors (Lipinski definition) is 5. The predicted molar refractivity (Wildman–Crippen MR) is 138 cm³/mol. The summed E-state index contributed by atoms with van der Waals surface area (Å²) in [5, 5.41) is 13.6. The molecule has 174 valence electrons. The van der Waals surface area contributed by atoms with Gasteiger partial charge in [0, 0.05) is 32.6 Å². The Morgan fingerprint density at radius 1 is 1.15 bits per heavy atom. The normalized spacial score (nSPS) is 16.2. The van der Waals surface area contributed by atoms with Crippen LogP contribution in [0.3, 0.4) is 0 Å². The molecule has 1 aliphatic heterocycles. The molecule has 3 aromatic rings. The maximum Gasteiger partial charge on any atom is 0.124 e. The number of rotatable bonds is 7. The van der Waals surface area contributed by atoms with E-state index in [2.05, 4.69) is 77.0 Å². The van der Waals surface area contributed by atoms with Crippen molar-refractivity contribution in [1.29, 1.82) is 5.26 Å². The molecule has 2 aliphatic rings. The molecule has 0 radical (unpaired) electrons. The van der Waals surface area contributed by atoms with Gasteiger partial charge in [-0.2, -0.15) is 5.26 Å². The molecule has 2 aromatic heterocycles. The first-order chi connectivity index (χ1) is 16.4. The molecule has 3 heterocycles. The highest BCUT2D eigenvalue weighted by Crippen LogP contribution is 2.39. The van der Waals surface area contributed by atoms with E-state index in [-0.39, 0.29) is 0 Å².